The molecule has 0 fully saturated rings. The summed E-state index contributed by atoms with van der Waals surface area (Å²) in [4.78, 5) is 17.0. The first-order valence-electron chi connectivity index (χ1n) is 9.25. The number of pyridine rings is 1. The lowest BCUT2D eigenvalue weighted by Gasteiger charge is -2.13. The minimum Gasteiger partial charge on any atom is -0.493 e. The number of nitrogens with zero attached hydrogens (tertiary/aromatic N) is 1. The van der Waals surface area contributed by atoms with Crippen LogP contribution in [0.1, 0.15) is 27.0 Å². The molecule has 0 atom stereocenters. The summed E-state index contributed by atoms with van der Waals surface area (Å²) in [6.07, 6.45) is 1.55. The summed E-state index contributed by atoms with van der Waals surface area (Å²) < 4.78 is 10.6. The molecule has 3 rings (SSSR count). The molecule has 0 bridgehead atoms. The third kappa shape index (κ3) is 4.66. The summed E-state index contributed by atoms with van der Waals surface area (Å²) in [5.74, 6) is 1.71. The van der Waals surface area contributed by atoms with Crippen molar-refractivity contribution in [3.05, 3.63) is 70.9 Å². The SMILES string of the molecule is COc1ccc(Nc2ccc(C(=O)Nc3c(C)cc(C)cc3C)cn2)cc1OC. The quantitative estimate of drug-likeness (QED) is 0.617. The predicted molar refractivity (Wildman–Crippen MR) is 116 cm³/mol. The summed E-state index contributed by atoms with van der Waals surface area (Å²) in [7, 11) is 3.18. The van der Waals surface area contributed by atoms with Crippen molar-refractivity contribution in [3.8, 4) is 11.5 Å². The van der Waals surface area contributed by atoms with Gasteiger partial charge in [-0.2, -0.15) is 0 Å². The van der Waals surface area contributed by atoms with Crippen molar-refractivity contribution in [3.63, 3.8) is 0 Å². The van der Waals surface area contributed by atoms with Gasteiger partial charge in [0.15, 0.2) is 11.5 Å². The Morgan fingerprint density at radius 1 is 0.897 bits per heavy atom. The van der Waals surface area contributed by atoms with E-state index in [0.717, 1.165) is 22.5 Å². The van der Waals surface area contributed by atoms with Crippen LogP contribution in [0, 0.1) is 20.8 Å². The molecule has 6 heteroatoms. The van der Waals surface area contributed by atoms with Gasteiger partial charge >= 0.3 is 0 Å². The highest BCUT2D eigenvalue weighted by atomic mass is 16.5. The van der Waals surface area contributed by atoms with Gasteiger partial charge in [-0.25, -0.2) is 4.98 Å². The lowest BCUT2D eigenvalue weighted by molar-refractivity contribution is 0.102. The summed E-state index contributed by atoms with van der Waals surface area (Å²) in [5.41, 5.74) is 5.38. The van der Waals surface area contributed by atoms with Gasteiger partial charge in [0.25, 0.3) is 5.91 Å². The number of methoxy groups -OCH3 is 2. The lowest BCUT2D eigenvalue weighted by Crippen LogP contribution is -2.14. The minimum atomic E-state index is -0.190. The molecule has 29 heavy (non-hydrogen) atoms. The van der Waals surface area contributed by atoms with Crippen LogP contribution in [-0.2, 0) is 0 Å². The van der Waals surface area contributed by atoms with Crippen molar-refractivity contribution in [2.24, 2.45) is 0 Å². The second kappa shape index (κ2) is 8.65. The number of rotatable bonds is 6. The number of aromatic nitrogens is 1. The molecule has 6 nitrogen and oxygen atoms in total. The van der Waals surface area contributed by atoms with E-state index >= 15 is 0 Å². The summed E-state index contributed by atoms with van der Waals surface area (Å²) >= 11 is 0. The Balaban J connectivity index is 1.72. The van der Waals surface area contributed by atoms with E-state index in [2.05, 4.69) is 27.8 Å². The molecule has 3 aromatic rings. The van der Waals surface area contributed by atoms with Crippen molar-refractivity contribution in [2.45, 2.75) is 20.8 Å². The fraction of sp³-hybridized carbons (Fsp3) is 0.217. The van der Waals surface area contributed by atoms with Crippen LogP contribution < -0.4 is 20.1 Å². The number of hydrogen-bond acceptors (Lipinski definition) is 5. The topological polar surface area (TPSA) is 72.5 Å². The van der Waals surface area contributed by atoms with Crippen LogP contribution in [0.15, 0.2) is 48.7 Å². The smallest absolute Gasteiger partial charge is 0.257 e. The van der Waals surface area contributed by atoms with Gasteiger partial charge in [-0.15, -0.1) is 0 Å². The molecule has 150 valence electrons. The summed E-state index contributed by atoms with van der Waals surface area (Å²) in [5, 5.41) is 6.18. The van der Waals surface area contributed by atoms with Gasteiger partial charge in [0, 0.05) is 23.6 Å². The first-order valence-corrected chi connectivity index (χ1v) is 9.25. The minimum absolute atomic E-state index is 0.190. The Morgan fingerprint density at radius 3 is 2.17 bits per heavy atom. The van der Waals surface area contributed by atoms with Crippen LogP contribution in [0.2, 0.25) is 0 Å². The van der Waals surface area contributed by atoms with Gasteiger partial charge < -0.3 is 20.1 Å². The van der Waals surface area contributed by atoms with Gasteiger partial charge in [-0.3, -0.25) is 4.79 Å². The zero-order valence-electron chi connectivity index (χ0n) is 17.3. The maximum atomic E-state index is 12.6. The number of benzene rings is 2. The molecule has 0 radical (unpaired) electrons. The second-order valence-electron chi connectivity index (χ2n) is 6.85. The summed E-state index contributed by atoms with van der Waals surface area (Å²) in [6, 6.07) is 13.1. The number of ether oxygens (including phenoxy) is 2. The average molecular weight is 391 g/mol. The Labute approximate surface area is 170 Å². The van der Waals surface area contributed by atoms with Crippen LogP contribution in [0.25, 0.3) is 0 Å². The monoisotopic (exact) mass is 391 g/mol. The lowest BCUT2D eigenvalue weighted by atomic mass is 10.0. The highest BCUT2D eigenvalue weighted by Gasteiger charge is 2.11. The standard InChI is InChI=1S/C23H25N3O3/c1-14-10-15(2)22(16(3)11-14)26-23(27)17-6-9-21(24-13-17)25-18-7-8-19(28-4)20(12-18)29-5/h6-13H,1-5H3,(H,24,25)(H,26,27). The summed E-state index contributed by atoms with van der Waals surface area (Å²) in [6.45, 7) is 6.02. The van der Waals surface area contributed by atoms with E-state index < -0.39 is 0 Å². The first-order chi connectivity index (χ1) is 13.9. The molecule has 2 aromatic carbocycles. The number of amides is 1. The third-order valence-corrected chi connectivity index (χ3v) is 4.60. The number of carbonyl (C=O) groups is 1. The molecule has 1 heterocycles. The highest BCUT2D eigenvalue weighted by molar-refractivity contribution is 6.05. The molecule has 1 amide bonds. The zero-order valence-corrected chi connectivity index (χ0v) is 17.3. The van der Waals surface area contributed by atoms with Gasteiger partial charge in [-0.05, 0) is 56.2 Å². The molecular weight excluding hydrogens is 366 g/mol. The van der Waals surface area contributed by atoms with E-state index in [9.17, 15) is 4.79 Å². The van der Waals surface area contributed by atoms with Crippen molar-refractivity contribution in [2.75, 3.05) is 24.9 Å². The number of carbonyl (C=O) groups excluding carboxylic acids is 1. The first kappa shape index (κ1) is 20.2. The molecule has 0 aliphatic carbocycles. The molecule has 0 unspecified atom stereocenters. The molecule has 0 saturated carbocycles. The maximum absolute atomic E-state index is 12.6. The van der Waals surface area contributed by atoms with E-state index in [1.165, 1.54) is 5.56 Å². The molecular formula is C23H25N3O3. The Hall–Kier alpha value is -3.54. The van der Waals surface area contributed by atoms with Crippen LogP contribution in [-0.4, -0.2) is 25.1 Å². The van der Waals surface area contributed by atoms with Crippen LogP contribution in [0.3, 0.4) is 0 Å². The fourth-order valence-electron chi connectivity index (χ4n) is 3.23. The van der Waals surface area contributed by atoms with Crippen molar-refractivity contribution < 1.29 is 14.3 Å². The predicted octanol–water partition coefficient (Wildman–Crippen LogP) is 5.02. The highest BCUT2D eigenvalue weighted by Crippen LogP contribution is 2.31. The Morgan fingerprint density at radius 2 is 1.59 bits per heavy atom. The largest absolute Gasteiger partial charge is 0.493 e. The zero-order chi connectivity index (χ0) is 21.0. The van der Waals surface area contributed by atoms with Crippen LogP contribution in [0.5, 0.6) is 11.5 Å². The van der Waals surface area contributed by atoms with Gasteiger partial charge in [0.1, 0.15) is 5.82 Å². The van der Waals surface area contributed by atoms with E-state index in [4.69, 9.17) is 9.47 Å². The maximum Gasteiger partial charge on any atom is 0.257 e. The van der Waals surface area contributed by atoms with Crippen molar-refractivity contribution >= 4 is 23.1 Å². The molecule has 0 aliphatic rings. The van der Waals surface area contributed by atoms with Crippen molar-refractivity contribution in [1.82, 2.24) is 4.98 Å². The second-order valence-corrected chi connectivity index (χ2v) is 6.85. The van der Waals surface area contributed by atoms with Gasteiger partial charge in [0.2, 0.25) is 0 Å². The molecule has 0 aliphatic heterocycles. The van der Waals surface area contributed by atoms with Gasteiger partial charge in [-0.1, -0.05) is 17.7 Å². The number of anilines is 3. The van der Waals surface area contributed by atoms with E-state index in [0.29, 0.717) is 22.9 Å². The average Bonchev–Trinajstić information content (AvgIpc) is 2.71. The fourth-order valence-corrected chi connectivity index (χ4v) is 3.23. The molecule has 0 saturated heterocycles. The van der Waals surface area contributed by atoms with Gasteiger partial charge in [0.05, 0.1) is 19.8 Å². The third-order valence-electron chi connectivity index (χ3n) is 4.60. The molecule has 0 spiro atoms. The molecule has 2 N–H and O–H groups in total. The van der Waals surface area contributed by atoms with E-state index in [1.807, 2.05) is 39.0 Å². The van der Waals surface area contributed by atoms with Crippen LogP contribution >= 0.6 is 0 Å². The van der Waals surface area contributed by atoms with Crippen LogP contribution in [0.4, 0.5) is 17.2 Å². The normalized spacial score (nSPS) is 10.4. The van der Waals surface area contributed by atoms with E-state index in [1.54, 1.807) is 32.5 Å². The van der Waals surface area contributed by atoms with Crippen molar-refractivity contribution in [1.29, 1.82) is 0 Å². The number of hydrogen-bond donors (Lipinski definition) is 2. The number of aryl methyl sites for hydroxylation is 3. The van der Waals surface area contributed by atoms with E-state index in [-0.39, 0.29) is 5.91 Å². The Kier molecular flexibility index (Phi) is 6.02. The molecule has 1 aromatic heterocycles. The number of nitrogens with one attached hydrogen (secondary N) is 2. The Bertz CT molecular complexity index is 1010.